The minimum Gasteiger partial charge on any atom is -0.462 e. The monoisotopic (exact) mass is 1040 g/mol. The average molecular weight is 1040 g/mol. The smallest absolute Gasteiger partial charge is 0.309 e. The SMILES string of the molecule is CC/C=C\C/C=C\C/C=C\C/C=C\C/C=C\CCCCCCCCCC(=O)OCC(COC(=O)C/C=C\C/C=C\C/C=C\C/C=C\C/C=C\CC)OC(=O)CCCCCCCCCCC/C=C\CCCCCCCC. The van der Waals surface area contributed by atoms with E-state index in [1.54, 1.807) is 6.08 Å². The Bertz CT molecular complexity index is 1620. The van der Waals surface area contributed by atoms with Crippen molar-refractivity contribution in [1.29, 1.82) is 0 Å². The van der Waals surface area contributed by atoms with Gasteiger partial charge in [-0.2, -0.15) is 0 Å². The van der Waals surface area contributed by atoms with Crippen molar-refractivity contribution in [1.82, 2.24) is 0 Å². The lowest BCUT2D eigenvalue weighted by Crippen LogP contribution is -2.30. The number of ether oxygens (including phenoxy) is 3. The molecule has 6 nitrogen and oxygen atoms in total. The fraction of sp³-hybridized carbons (Fsp3) is 0.638. The third-order valence-electron chi connectivity index (χ3n) is 12.7. The molecular formula is C69H112O6. The molecule has 0 heterocycles. The number of allylic oxidation sites excluding steroid dienone is 21. The Morgan fingerprint density at radius 2 is 0.573 bits per heavy atom. The summed E-state index contributed by atoms with van der Waals surface area (Å²) >= 11 is 0. The van der Waals surface area contributed by atoms with Crippen LogP contribution in [-0.2, 0) is 28.6 Å². The van der Waals surface area contributed by atoms with Gasteiger partial charge in [-0.1, -0.05) is 264 Å². The molecule has 0 aromatic carbocycles. The average Bonchev–Trinajstić information content (AvgIpc) is 3.41. The van der Waals surface area contributed by atoms with E-state index < -0.39 is 12.1 Å². The lowest BCUT2D eigenvalue weighted by Gasteiger charge is -2.18. The van der Waals surface area contributed by atoms with Crippen molar-refractivity contribution in [3.63, 3.8) is 0 Å². The molecule has 6 heteroatoms. The first-order valence-corrected chi connectivity index (χ1v) is 30.7. The van der Waals surface area contributed by atoms with Crippen molar-refractivity contribution in [3.8, 4) is 0 Å². The molecule has 0 bridgehead atoms. The molecule has 0 saturated heterocycles. The van der Waals surface area contributed by atoms with Gasteiger partial charge in [0, 0.05) is 12.8 Å². The number of carbonyl (C=O) groups excluding carboxylic acids is 3. The summed E-state index contributed by atoms with van der Waals surface area (Å²) in [5.41, 5.74) is 0. The van der Waals surface area contributed by atoms with Crippen LogP contribution < -0.4 is 0 Å². The van der Waals surface area contributed by atoms with E-state index in [1.807, 2.05) is 6.08 Å². The molecule has 0 fully saturated rings. The van der Waals surface area contributed by atoms with Crippen LogP contribution in [0.4, 0.5) is 0 Å². The molecular weight excluding hydrogens is 925 g/mol. The molecule has 0 rings (SSSR count). The maximum Gasteiger partial charge on any atom is 0.309 e. The molecule has 0 radical (unpaired) electrons. The first-order chi connectivity index (χ1) is 37.0. The van der Waals surface area contributed by atoms with Gasteiger partial charge in [0.1, 0.15) is 13.2 Å². The predicted molar refractivity (Wildman–Crippen MR) is 325 cm³/mol. The van der Waals surface area contributed by atoms with Crippen LogP contribution in [0.25, 0.3) is 0 Å². The van der Waals surface area contributed by atoms with Crippen molar-refractivity contribution < 1.29 is 28.6 Å². The van der Waals surface area contributed by atoms with Crippen LogP contribution in [0.3, 0.4) is 0 Å². The van der Waals surface area contributed by atoms with Gasteiger partial charge in [0.05, 0.1) is 6.42 Å². The summed E-state index contributed by atoms with van der Waals surface area (Å²) in [4.78, 5) is 38.2. The minimum atomic E-state index is -0.829. The standard InChI is InChI=1S/C69H112O6/c1-4-7-10-13-16-19-22-25-28-30-32-33-34-35-37-38-41-44-47-50-53-56-59-62-68(71)74-65-66(64-73-67(70)61-58-55-52-49-46-43-40-27-24-21-18-15-12-9-6-3)75-69(72)63-60-57-54-51-48-45-42-39-36-31-29-26-23-20-17-14-11-8-5-2/h7,9-10,12,16,18-19,21,25-29,32-33,35,37,40,46,49,55,58,66H,4-6,8,11,13-15,17,20,22-24,30-31,34,36,38-39,41-45,47-48,50-54,56-57,59-65H2,1-3H3/b10-7-,12-9-,19-16-,21-18-,28-25-,29-26-,33-32-,37-35-,40-27-,49-46-,58-55-. The van der Waals surface area contributed by atoms with Gasteiger partial charge < -0.3 is 14.2 Å². The highest BCUT2D eigenvalue weighted by Crippen LogP contribution is 2.15. The largest absolute Gasteiger partial charge is 0.462 e. The maximum atomic E-state index is 12.9. The van der Waals surface area contributed by atoms with Crippen LogP contribution in [0.15, 0.2) is 134 Å². The van der Waals surface area contributed by atoms with Crippen molar-refractivity contribution in [2.75, 3.05) is 13.2 Å². The van der Waals surface area contributed by atoms with E-state index in [1.165, 1.54) is 116 Å². The molecule has 0 aliphatic carbocycles. The molecule has 0 amide bonds. The first-order valence-electron chi connectivity index (χ1n) is 30.7. The highest BCUT2D eigenvalue weighted by atomic mass is 16.6. The Morgan fingerprint density at radius 1 is 0.293 bits per heavy atom. The van der Waals surface area contributed by atoms with Gasteiger partial charge in [0.15, 0.2) is 6.10 Å². The Labute approximate surface area is 462 Å². The highest BCUT2D eigenvalue weighted by molar-refractivity contribution is 5.72. The second-order valence-corrected chi connectivity index (χ2v) is 19.9. The second kappa shape index (κ2) is 62.1. The van der Waals surface area contributed by atoms with E-state index in [2.05, 4.69) is 142 Å². The molecule has 1 atom stereocenters. The molecule has 0 aromatic heterocycles. The van der Waals surface area contributed by atoms with E-state index in [4.69, 9.17) is 14.2 Å². The molecule has 1 unspecified atom stereocenters. The van der Waals surface area contributed by atoms with Crippen LogP contribution in [0.2, 0.25) is 0 Å². The Hall–Kier alpha value is -4.45. The van der Waals surface area contributed by atoms with Gasteiger partial charge in [-0.05, 0) is 116 Å². The summed E-state index contributed by atoms with van der Waals surface area (Å²) in [7, 11) is 0. The van der Waals surface area contributed by atoms with E-state index in [0.29, 0.717) is 12.8 Å². The van der Waals surface area contributed by atoms with E-state index in [9.17, 15) is 14.4 Å². The molecule has 424 valence electrons. The zero-order valence-corrected chi connectivity index (χ0v) is 48.5. The molecule has 0 spiro atoms. The van der Waals surface area contributed by atoms with Crippen molar-refractivity contribution in [2.45, 2.75) is 271 Å². The zero-order valence-electron chi connectivity index (χ0n) is 48.5. The fourth-order valence-electron chi connectivity index (χ4n) is 8.13. The normalized spacial score (nSPS) is 13.1. The van der Waals surface area contributed by atoms with Crippen LogP contribution in [-0.4, -0.2) is 37.2 Å². The van der Waals surface area contributed by atoms with E-state index >= 15 is 0 Å². The van der Waals surface area contributed by atoms with Gasteiger partial charge in [-0.25, -0.2) is 0 Å². The molecule has 75 heavy (non-hydrogen) atoms. The first kappa shape index (κ1) is 70.5. The quantitative estimate of drug-likeness (QED) is 0.0261. The Morgan fingerprint density at radius 3 is 0.947 bits per heavy atom. The summed E-state index contributed by atoms with van der Waals surface area (Å²) in [5, 5.41) is 0. The molecule has 0 N–H and O–H groups in total. The summed E-state index contributed by atoms with van der Waals surface area (Å²) in [6, 6.07) is 0. The van der Waals surface area contributed by atoms with Crippen LogP contribution in [0.1, 0.15) is 265 Å². The number of unbranched alkanes of at least 4 members (excludes halogenated alkanes) is 22. The number of esters is 3. The molecule has 0 saturated carbocycles. The zero-order chi connectivity index (χ0) is 54.3. The van der Waals surface area contributed by atoms with Crippen molar-refractivity contribution in [3.05, 3.63) is 134 Å². The lowest BCUT2D eigenvalue weighted by atomic mass is 10.1. The van der Waals surface area contributed by atoms with Gasteiger partial charge in [0.2, 0.25) is 0 Å². The number of carbonyl (C=O) groups is 3. The molecule has 0 aliphatic rings. The number of rotatable bonds is 54. The third-order valence-corrected chi connectivity index (χ3v) is 12.7. The van der Waals surface area contributed by atoms with Crippen molar-refractivity contribution >= 4 is 17.9 Å². The molecule has 0 aromatic rings. The summed E-state index contributed by atoms with van der Waals surface area (Å²) in [6.45, 7) is 6.32. The lowest BCUT2D eigenvalue weighted by molar-refractivity contribution is -0.166. The summed E-state index contributed by atoms with van der Waals surface area (Å²) in [6.07, 6.45) is 87.6. The number of hydrogen-bond donors (Lipinski definition) is 0. The van der Waals surface area contributed by atoms with Gasteiger partial charge in [-0.15, -0.1) is 0 Å². The Kier molecular flexibility index (Phi) is 58.4. The summed E-state index contributed by atoms with van der Waals surface area (Å²) < 4.78 is 16.8. The maximum absolute atomic E-state index is 12.9. The number of hydrogen-bond acceptors (Lipinski definition) is 6. The topological polar surface area (TPSA) is 78.9 Å². The van der Waals surface area contributed by atoms with Gasteiger partial charge in [-0.3, -0.25) is 14.4 Å². The minimum absolute atomic E-state index is 0.118. The van der Waals surface area contributed by atoms with Crippen LogP contribution in [0, 0.1) is 0 Å². The van der Waals surface area contributed by atoms with Crippen LogP contribution in [0.5, 0.6) is 0 Å². The van der Waals surface area contributed by atoms with Gasteiger partial charge >= 0.3 is 17.9 Å². The fourth-order valence-corrected chi connectivity index (χ4v) is 8.13. The summed E-state index contributed by atoms with van der Waals surface area (Å²) in [5.74, 6) is -1.06. The van der Waals surface area contributed by atoms with E-state index in [0.717, 1.165) is 109 Å². The van der Waals surface area contributed by atoms with Crippen LogP contribution >= 0.6 is 0 Å². The predicted octanol–water partition coefficient (Wildman–Crippen LogP) is 21.0. The van der Waals surface area contributed by atoms with Gasteiger partial charge in [0.25, 0.3) is 0 Å². The third kappa shape index (κ3) is 60.3. The molecule has 0 aliphatic heterocycles. The highest BCUT2D eigenvalue weighted by Gasteiger charge is 2.19. The second-order valence-electron chi connectivity index (χ2n) is 19.9. The van der Waals surface area contributed by atoms with Crippen molar-refractivity contribution in [2.24, 2.45) is 0 Å². The van der Waals surface area contributed by atoms with E-state index in [-0.39, 0.29) is 31.6 Å². The Balaban J connectivity index is 4.48.